The molecule has 0 spiro atoms. The lowest BCUT2D eigenvalue weighted by Gasteiger charge is -2.36. The molecular weight excluding hydrogens is 554 g/mol. The highest BCUT2D eigenvalue weighted by Gasteiger charge is 2.38. The Balaban J connectivity index is 1.55. The fourth-order valence-corrected chi connectivity index (χ4v) is 7.56. The maximum Gasteiger partial charge on any atom is 0.330 e. The Hall–Kier alpha value is -4.59. The number of hydrogen-bond acceptors (Lipinski definition) is 4. The fraction of sp³-hybridized carbons (Fsp3) is 0.167. The lowest BCUT2D eigenvalue weighted by molar-refractivity contribution is 0.242. The van der Waals surface area contributed by atoms with Crippen LogP contribution in [-0.2, 0) is 18.8 Å². The highest BCUT2D eigenvalue weighted by molar-refractivity contribution is 8.00. The third-order valence-electron chi connectivity index (χ3n) is 8.15. The third kappa shape index (κ3) is 4.94. The van der Waals surface area contributed by atoms with Gasteiger partial charge in [0, 0.05) is 26.0 Å². The molecule has 0 bridgehead atoms. The van der Waals surface area contributed by atoms with Crippen LogP contribution in [0.4, 0.5) is 0 Å². The average Bonchev–Trinajstić information content (AvgIpc) is 3.47. The lowest BCUT2D eigenvalue weighted by Crippen LogP contribution is -2.36. The average molecular weight is 588 g/mol. The number of benzene rings is 4. The maximum atomic E-state index is 13.6. The number of thioether (sulfide) groups is 1. The van der Waals surface area contributed by atoms with E-state index in [0.29, 0.717) is 22.3 Å². The van der Waals surface area contributed by atoms with Gasteiger partial charge in [0.1, 0.15) is 0 Å². The molecule has 0 radical (unpaired) electrons. The molecular formula is C36H33N3O3S. The number of aliphatic hydroxyl groups excluding tert-OH is 1. The topological polar surface area (TPSA) is 69.2 Å². The zero-order valence-electron chi connectivity index (χ0n) is 24.1. The minimum Gasteiger partial charge on any atom is -0.394 e. The van der Waals surface area contributed by atoms with E-state index in [1.165, 1.54) is 11.6 Å². The molecule has 43 heavy (non-hydrogen) atoms. The van der Waals surface area contributed by atoms with Crippen LogP contribution in [0.15, 0.2) is 137 Å². The lowest BCUT2D eigenvalue weighted by atomic mass is 9.84. The summed E-state index contributed by atoms with van der Waals surface area (Å²) in [4.78, 5) is 26.5. The summed E-state index contributed by atoms with van der Waals surface area (Å²) >= 11 is 1.75. The summed E-state index contributed by atoms with van der Waals surface area (Å²) in [5.41, 5.74) is 4.72. The molecule has 7 heteroatoms. The largest absolute Gasteiger partial charge is 0.394 e. The summed E-state index contributed by atoms with van der Waals surface area (Å²) < 4.78 is 4.07. The predicted octanol–water partition coefficient (Wildman–Crippen LogP) is 5.96. The standard InChI is InChI=1S/C36H33N3O3S/c1-37-31-23-39(33(26-15-7-3-8-16-26)32(31)34(41)38(2)35(37)42)30(24-40)25-43-36(27-17-9-4-10-18-27,28-19-11-5-12-20-28)29-21-13-6-14-22-29/h3-23,30,40H,24-25H2,1-2H3. The molecule has 2 heterocycles. The molecule has 6 rings (SSSR count). The molecule has 1 unspecified atom stereocenters. The van der Waals surface area contributed by atoms with Crippen LogP contribution in [0.1, 0.15) is 22.7 Å². The van der Waals surface area contributed by atoms with Crippen molar-refractivity contribution in [3.63, 3.8) is 0 Å². The van der Waals surface area contributed by atoms with E-state index in [2.05, 4.69) is 72.8 Å². The van der Waals surface area contributed by atoms with Crippen LogP contribution in [0, 0.1) is 0 Å². The summed E-state index contributed by atoms with van der Waals surface area (Å²) in [6.45, 7) is -0.156. The molecule has 1 atom stereocenters. The summed E-state index contributed by atoms with van der Waals surface area (Å²) in [6, 6.07) is 40.6. The van der Waals surface area contributed by atoms with Gasteiger partial charge in [0.05, 0.1) is 34.0 Å². The summed E-state index contributed by atoms with van der Waals surface area (Å²) in [7, 11) is 3.18. The molecule has 0 saturated carbocycles. The van der Waals surface area contributed by atoms with Crippen LogP contribution >= 0.6 is 11.8 Å². The summed E-state index contributed by atoms with van der Waals surface area (Å²) in [5, 5.41) is 11.4. The molecule has 0 aliphatic carbocycles. The van der Waals surface area contributed by atoms with Crippen molar-refractivity contribution in [1.29, 1.82) is 0 Å². The van der Waals surface area contributed by atoms with E-state index in [1.807, 2.05) is 59.3 Å². The van der Waals surface area contributed by atoms with Gasteiger partial charge in [-0.1, -0.05) is 121 Å². The van der Waals surface area contributed by atoms with Crippen molar-refractivity contribution in [2.45, 2.75) is 10.8 Å². The number of aryl methyl sites for hydroxylation is 1. The molecule has 216 valence electrons. The number of hydrogen-bond donors (Lipinski definition) is 1. The van der Waals surface area contributed by atoms with E-state index < -0.39 is 10.8 Å². The highest BCUT2D eigenvalue weighted by atomic mass is 32.2. The van der Waals surface area contributed by atoms with E-state index in [9.17, 15) is 14.7 Å². The van der Waals surface area contributed by atoms with E-state index >= 15 is 0 Å². The first kappa shape index (κ1) is 28.5. The van der Waals surface area contributed by atoms with Crippen molar-refractivity contribution in [2.24, 2.45) is 14.1 Å². The van der Waals surface area contributed by atoms with Crippen LogP contribution in [0.5, 0.6) is 0 Å². The first-order valence-electron chi connectivity index (χ1n) is 14.2. The summed E-state index contributed by atoms with van der Waals surface area (Å²) in [5.74, 6) is 0.518. The minimum absolute atomic E-state index is 0.156. The molecule has 0 saturated heterocycles. The number of rotatable bonds is 9. The monoisotopic (exact) mass is 587 g/mol. The molecule has 0 aliphatic rings. The van der Waals surface area contributed by atoms with Gasteiger partial charge in [0.15, 0.2) is 0 Å². The normalized spacial score (nSPS) is 12.4. The fourth-order valence-electron chi connectivity index (χ4n) is 5.95. The van der Waals surface area contributed by atoms with Crippen LogP contribution in [0.2, 0.25) is 0 Å². The van der Waals surface area contributed by atoms with Crippen molar-refractivity contribution in [1.82, 2.24) is 13.7 Å². The first-order chi connectivity index (χ1) is 21.0. The highest BCUT2D eigenvalue weighted by Crippen LogP contribution is 2.49. The smallest absolute Gasteiger partial charge is 0.330 e. The maximum absolute atomic E-state index is 13.6. The number of nitrogens with zero attached hydrogens (tertiary/aromatic N) is 3. The van der Waals surface area contributed by atoms with E-state index in [0.717, 1.165) is 26.8 Å². The van der Waals surface area contributed by atoms with Gasteiger partial charge in [-0.25, -0.2) is 4.79 Å². The Labute approximate surface area is 254 Å². The van der Waals surface area contributed by atoms with Gasteiger partial charge in [-0.15, -0.1) is 11.8 Å². The molecule has 6 nitrogen and oxygen atoms in total. The molecule has 0 aliphatic heterocycles. The quantitative estimate of drug-likeness (QED) is 0.212. The van der Waals surface area contributed by atoms with Crippen LogP contribution in [-0.4, -0.2) is 31.2 Å². The van der Waals surface area contributed by atoms with Gasteiger partial charge < -0.3 is 9.67 Å². The first-order valence-corrected chi connectivity index (χ1v) is 15.2. The van der Waals surface area contributed by atoms with Gasteiger partial charge >= 0.3 is 5.69 Å². The zero-order valence-corrected chi connectivity index (χ0v) is 24.9. The second-order valence-corrected chi connectivity index (χ2v) is 11.9. The van der Waals surface area contributed by atoms with Gasteiger partial charge in [-0.05, 0) is 22.3 Å². The third-order valence-corrected chi connectivity index (χ3v) is 9.84. The Morgan fingerprint density at radius 2 is 1.16 bits per heavy atom. The zero-order chi connectivity index (χ0) is 30.0. The number of aromatic nitrogens is 3. The Morgan fingerprint density at radius 3 is 1.63 bits per heavy atom. The molecule has 6 aromatic rings. The Bertz CT molecular complexity index is 1870. The molecule has 0 fully saturated rings. The predicted molar refractivity (Wildman–Crippen MR) is 176 cm³/mol. The number of fused-ring (bicyclic) bond motifs is 1. The minimum atomic E-state index is -0.570. The molecule has 4 aromatic carbocycles. The SMILES string of the molecule is Cn1c(=O)c2c(-c3ccccc3)n(C(CO)CSC(c3ccccc3)(c3ccccc3)c3ccccc3)cc2n(C)c1=O. The molecule has 2 aromatic heterocycles. The van der Waals surface area contributed by atoms with Gasteiger partial charge in [0.2, 0.25) is 0 Å². The Morgan fingerprint density at radius 1 is 0.698 bits per heavy atom. The summed E-state index contributed by atoms with van der Waals surface area (Å²) in [6.07, 6.45) is 1.84. The van der Waals surface area contributed by atoms with Crippen molar-refractivity contribution >= 4 is 22.7 Å². The van der Waals surface area contributed by atoms with Crippen molar-refractivity contribution in [3.8, 4) is 11.3 Å². The van der Waals surface area contributed by atoms with Gasteiger partial charge in [-0.2, -0.15) is 0 Å². The number of aliphatic hydroxyl groups is 1. The molecule has 0 amide bonds. The van der Waals surface area contributed by atoms with E-state index in [4.69, 9.17) is 0 Å². The second kappa shape index (κ2) is 12.0. The van der Waals surface area contributed by atoms with Crippen LogP contribution in [0.3, 0.4) is 0 Å². The van der Waals surface area contributed by atoms with Crippen LogP contribution < -0.4 is 11.2 Å². The second-order valence-electron chi connectivity index (χ2n) is 10.6. The van der Waals surface area contributed by atoms with Crippen molar-refractivity contribution in [2.75, 3.05) is 12.4 Å². The molecule has 1 N–H and O–H groups in total. The van der Waals surface area contributed by atoms with Gasteiger partial charge in [0.25, 0.3) is 5.56 Å². The van der Waals surface area contributed by atoms with E-state index in [-0.39, 0.29) is 17.9 Å². The van der Waals surface area contributed by atoms with Gasteiger partial charge in [-0.3, -0.25) is 13.9 Å². The Kier molecular flexibility index (Phi) is 7.93. The van der Waals surface area contributed by atoms with Crippen molar-refractivity contribution < 1.29 is 5.11 Å². The van der Waals surface area contributed by atoms with E-state index in [1.54, 1.807) is 18.8 Å². The van der Waals surface area contributed by atoms with Crippen LogP contribution in [0.25, 0.3) is 22.2 Å². The van der Waals surface area contributed by atoms with Crippen molar-refractivity contribution in [3.05, 3.63) is 165 Å².